The fourth-order valence-corrected chi connectivity index (χ4v) is 6.93. The van der Waals surface area contributed by atoms with Gasteiger partial charge in [-0.05, 0) is 58.9 Å². The largest absolute Gasteiger partial charge is 0.392 e. The molecule has 0 radical (unpaired) electrons. The number of carbonyl (C=O) groups excluding carboxylic acids is 1. The van der Waals surface area contributed by atoms with E-state index in [2.05, 4.69) is 72.3 Å². The monoisotopic (exact) mass is 630 g/mol. The van der Waals surface area contributed by atoms with Gasteiger partial charge in [0.25, 0.3) is 5.91 Å². The average molecular weight is 631 g/mol. The highest BCUT2D eigenvalue weighted by atomic mass is 16.7. The molecule has 4 aromatic carbocycles. The predicted molar refractivity (Wildman–Crippen MR) is 186 cm³/mol. The standard InChI is InChI=1S/C41H46N2O4/c1-3-24-43(37-14-7-8-15-37)27-38-29(2)39(33-18-16-30(28-44)17-19-33)47-41(46-38)35-22-20-32(21-23-35)36-13-9-10-31(25-36)26-42-40(45)34-11-5-4-6-12-34/h3-6,9-13,16-23,25,29,37-39,41,44H,1,7-8,14-15,24,26-28H2,2H3,(H,42,45). The van der Waals surface area contributed by atoms with Gasteiger partial charge in [-0.3, -0.25) is 9.69 Å². The third-order valence-corrected chi connectivity index (χ3v) is 9.67. The summed E-state index contributed by atoms with van der Waals surface area (Å²) in [5, 5.41) is 12.6. The third kappa shape index (κ3) is 8.09. The van der Waals surface area contributed by atoms with Crippen molar-refractivity contribution in [3.05, 3.63) is 144 Å². The number of carbonyl (C=O) groups is 1. The molecular formula is C41H46N2O4. The highest BCUT2D eigenvalue weighted by Crippen LogP contribution is 2.42. The lowest BCUT2D eigenvalue weighted by molar-refractivity contribution is -0.276. The number of aliphatic hydroxyl groups excluding tert-OH is 1. The van der Waals surface area contributed by atoms with Crippen LogP contribution in [-0.2, 0) is 22.6 Å². The Balaban J connectivity index is 1.19. The first-order valence-electron chi connectivity index (χ1n) is 16.9. The molecule has 6 rings (SSSR count). The Kier molecular flexibility index (Phi) is 11.0. The van der Waals surface area contributed by atoms with Crippen LogP contribution in [0, 0.1) is 5.92 Å². The molecule has 0 spiro atoms. The van der Waals surface area contributed by atoms with Gasteiger partial charge in [-0.25, -0.2) is 0 Å². The van der Waals surface area contributed by atoms with Crippen molar-refractivity contribution in [1.29, 1.82) is 0 Å². The zero-order valence-corrected chi connectivity index (χ0v) is 27.3. The van der Waals surface area contributed by atoms with Gasteiger partial charge < -0.3 is 19.9 Å². The van der Waals surface area contributed by atoms with E-state index in [1.807, 2.05) is 60.7 Å². The van der Waals surface area contributed by atoms with Crippen LogP contribution in [0.2, 0.25) is 0 Å². The Labute approximate surface area is 279 Å². The number of ether oxygens (including phenoxy) is 2. The Morgan fingerprint density at radius 2 is 1.60 bits per heavy atom. The maximum Gasteiger partial charge on any atom is 0.251 e. The second-order valence-corrected chi connectivity index (χ2v) is 12.9. The number of hydrogen-bond acceptors (Lipinski definition) is 5. The maximum atomic E-state index is 12.6. The van der Waals surface area contributed by atoms with Crippen LogP contribution < -0.4 is 5.32 Å². The van der Waals surface area contributed by atoms with Crippen molar-refractivity contribution < 1.29 is 19.4 Å². The Hall–Kier alpha value is -4.07. The minimum atomic E-state index is -0.513. The fraction of sp³-hybridized carbons (Fsp3) is 0.341. The topological polar surface area (TPSA) is 71.0 Å². The van der Waals surface area contributed by atoms with E-state index in [1.165, 1.54) is 25.7 Å². The quantitative estimate of drug-likeness (QED) is 0.155. The van der Waals surface area contributed by atoms with Gasteiger partial charge in [0, 0.05) is 42.7 Å². The first-order chi connectivity index (χ1) is 23.0. The van der Waals surface area contributed by atoms with Crippen LogP contribution in [0.5, 0.6) is 0 Å². The molecule has 4 atom stereocenters. The molecule has 1 aliphatic heterocycles. The Morgan fingerprint density at radius 1 is 0.872 bits per heavy atom. The number of nitrogens with zero attached hydrogens (tertiary/aromatic N) is 1. The molecule has 6 heteroatoms. The van der Waals surface area contributed by atoms with E-state index in [4.69, 9.17) is 9.47 Å². The molecule has 1 aliphatic carbocycles. The molecule has 4 aromatic rings. The van der Waals surface area contributed by atoms with Gasteiger partial charge in [0.05, 0.1) is 18.8 Å². The molecule has 1 saturated carbocycles. The van der Waals surface area contributed by atoms with E-state index < -0.39 is 6.29 Å². The molecule has 4 unspecified atom stereocenters. The summed E-state index contributed by atoms with van der Waals surface area (Å²) in [6.07, 6.45) is 6.33. The molecule has 2 N–H and O–H groups in total. The summed E-state index contributed by atoms with van der Waals surface area (Å²) >= 11 is 0. The number of rotatable bonds is 12. The predicted octanol–water partition coefficient (Wildman–Crippen LogP) is 8.00. The van der Waals surface area contributed by atoms with E-state index in [0.29, 0.717) is 18.2 Å². The molecule has 6 nitrogen and oxygen atoms in total. The van der Waals surface area contributed by atoms with Crippen molar-refractivity contribution >= 4 is 5.91 Å². The minimum absolute atomic E-state index is 0.0190. The lowest BCUT2D eigenvalue weighted by Gasteiger charge is -2.43. The van der Waals surface area contributed by atoms with Crippen molar-refractivity contribution in [1.82, 2.24) is 10.2 Å². The van der Waals surface area contributed by atoms with E-state index in [9.17, 15) is 9.90 Å². The smallest absolute Gasteiger partial charge is 0.251 e. The number of nitrogens with one attached hydrogen (secondary N) is 1. The normalized spacial score (nSPS) is 21.5. The average Bonchev–Trinajstić information content (AvgIpc) is 3.67. The minimum Gasteiger partial charge on any atom is -0.392 e. The van der Waals surface area contributed by atoms with Gasteiger partial charge in [-0.15, -0.1) is 6.58 Å². The molecule has 1 amide bonds. The number of hydrogen-bond donors (Lipinski definition) is 2. The first kappa shape index (κ1) is 32.9. The fourth-order valence-electron chi connectivity index (χ4n) is 6.93. The lowest BCUT2D eigenvalue weighted by atomic mass is 9.89. The maximum absolute atomic E-state index is 12.6. The summed E-state index contributed by atoms with van der Waals surface area (Å²) in [6, 6.07) is 34.6. The van der Waals surface area contributed by atoms with Gasteiger partial charge >= 0.3 is 0 Å². The highest BCUT2D eigenvalue weighted by Gasteiger charge is 2.40. The second kappa shape index (κ2) is 15.7. The summed E-state index contributed by atoms with van der Waals surface area (Å²) in [6.45, 7) is 8.42. The Morgan fingerprint density at radius 3 is 2.30 bits per heavy atom. The molecule has 0 bridgehead atoms. The van der Waals surface area contributed by atoms with Crippen LogP contribution in [0.3, 0.4) is 0 Å². The summed E-state index contributed by atoms with van der Waals surface area (Å²) in [5.74, 6) is 0.0447. The van der Waals surface area contributed by atoms with Gasteiger partial charge in [0.2, 0.25) is 0 Å². The molecule has 47 heavy (non-hydrogen) atoms. The van der Waals surface area contributed by atoms with E-state index >= 15 is 0 Å². The highest BCUT2D eigenvalue weighted by molar-refractivity contribution is 5.94. The van der Waals surface area contributed by atoms with E-state index in [-0.39, 0.29) is 30.6 Å². The Bertz CT molecular complexity index is 1600. The number of benzene rings is 4. The second-order valence-electron chi connectivity index (χ2n) is 12.9. The van der Waals surface area contributed by atoms with Gasteiger partial charge in [-0.2, -0.15) is 0 Å². The molecule has 2 fully saturated rings. The summed E-state index contributed by atoms with van der Waals surface area (Å²) in [7, 11) is 0. The first-order valence-corrected chi connectivity index (χ1v) is 16.9. The molecule has 1 heterocycles. The van der Waals surface area contributed by atoms with Crippen molar-refractivity contribution in [2.45, 2.75) is 70.3 Å². The van der Waals surface area contributed by atoms with E-state index in [0.717, 1.165) is 46.5 Å². The lowest BCUT2D eigenvalue weighted by Crippen LogP contribution is -2.47. The number of aliphatic hydroxyl groups is 1. The molecular weight excluding hydrogens is 584 g/mol. The van der Waals surface area contributed by atoms with Crippen LogP contribution in [0.15, 0.2) is 116 Å². The van der Waals surface area contributed by atoms with Crippen LogP contribution >= 0.6 is 0 Å². The van der Waals surface area contributed by atoms with Gasteiger partial charge in [0.15, 0.2) is 6.29 Å². The van der Waals surface area contributed by atoms with Crippen LogP contribution in [0.1, 0.15) is 77.6 Å². The molecule has 2 aliphatic rings. The van der Waals surface area contributed by atoms with Crippen LogP contribution in [0.25, 0.3) is 11.1 Å². The summed E-state index contributed by atoms with van der Waals surface area (Å²) in [4.78, 5) is 15.1. The van der Waals surface area contributed by atoms with Crippen LogP contribution in [0.4, 0.5) is 0 Å². The van der Waals surface area contributed by atoms with Crippen LogP contribution in [-0.4, -0.2) is 41.1 Å². The van der Waals surface area contributed by atoms with Crippen molar-refractivity contribution in [2.24, 2.45) is 5.92 Å². The zero-order valence-electron chi connectivity index (χ0n) is 27.3. The molecule has 0 aromatic heterocycles. The van der Waals surface area contributed by atoms with Gasteiger partial charge in [0.1, 0.15) is 0 Å². The molecule has 1 saturated heterocycles. The van der Waals surface area contributed by atoms with Crippen molar-refractivity contribution in [2.75, 3.05) is 13.1 Å². The van der Waals surface area contributed by atoms with Crippen molar-refractivity contribution in [3.8, 4) is 11.1 Å². The third-order valence-electron chi connectivity index (χ3n) is 9.67. The van der Waals surface area contributed by atoms with Crippen molar-refractivity contribution in [3.63, 3.8) is 0 Å². The van der Waals surface area contributed by atoms with E-state index in [1.54, 1.807) is 0 Å². The SMILES string of the molecule is C=CCN(CC1OC(c2ccc(-c3cccc(CNC(=O)c4ccccc4)c3)cc2)OC(c2ccc(CO)cc2)C1C)C1CCCC1. The summed E-state index contributed by atoms with van der Waals surface area (Å²) < 4.78 is 13.5. The number of amides is 1. The van der Waals surface area contributed by atoms with Gasteiger partial charge in [-0.1, -0.05) is 111 Å². The molecule has 244 valence electrons. The summed E-state index contributed by atoms with van der Waals surface area (Å²) in [5.41, 5.74) is 6.81. The zero-order chi connectivity index (χ0) is 32.6.